The predicted octanol–water partition coefficient (Wildman–Crippen LogP) is 2.03. The Morgan fingerprint density at radius 1 is 1.04 bits per heavy atom. The maximum atomic E-state index is 12.3. The summed E-state index contributed by atoms with van der Waals surface area (Å²) in [5.41, 5.74) is 1.65. The van der Waals surface area contributed by atoms with Crippen LogP contribution in [0.4, 0.5) is 0 Å². The van der Waals surface area contributed by atoms with Crippen molar-refractivity contribution in [1.29, 1.82) is 0 Å². The molecule has 1 aromatic heterocycles. The molecule has 7 heteroatoms. The molecule has 0 bridgehead atoms. The molecule has 1 amide bonds. The molecule has 7 nitrogen and oxygen atoms in total. The highest BCUT2D eigenvalue weighted by Crippen LogP contribution is 2.17. The number of carboxylic acid groups (broad SMARTS) is 1. The molecule has 0 aliphatic rings. The fraction of sp³-hybridized carbons (Fsp3) is 0.0588. The van der Waals surface area contributed by atoms with Gasteiger partial charge in [-0.25, -0.2) is 9.78 Å². The summed E-state index contributed by atoms with van der Waals surface area (Å²) in [5.74, 6) is -0.988. The molecule has 0 saturated heterocycles. The number of carbonyl (C=O) groups is 2. The normalized spacial score (nSPS) is 11.7. The summed E-state index contributed by atoms with van der Waals surface area (Å²) in [7, 11) is 0. The van der Waals surface area contributed by atoms with Crippen LogP contribution in [-0.4, -0.2) is 32.2 Å². The molecule has 1 atom stereocenters. The van der Waals surface area contributed by atoms with E-state index in [2.05, 4.69) is 20.5 Å². The molecule has 120 valence electrons. The van der Waals surface area contributed by atoms with Crippen LogP contribution in [0.1, 0.15) is 22.0 Å². The number of nitrogens with zero attached hydrogens (tertiary/aromatic N) is 2. The predicted molar refractivity (Wildman–Crippen MR) is 86.1 cm³/mol. The minimum Gasteiger partial charge on any atom is -0.479 e. The van der Waals surface area contributed by atoms with Gasteiger partial charge in [-0.2, -0.15) is 5.10 Å². The van der Waals surface area contributed by atoms with Crippen molar-refractivity contribution in [2.24, 2.45) is 0 Å². The summed E-state index contributed by atoms with van der Waals surface area (Å²) < 4.78 is 0. The smallest absolute Gasteiger partial charge is 0.330 e. The Morgan fingerprint density at radius 3 is 2.33 bits per heavy atom. The van der Waals surface area contributed by atoms with Crippen molar-refractivity contribution in [2.75, 3.05) is 0 Å². The van der Waals surface area contributed by atoms with Crippen molar-refractivity contribution in [3.8, 4) is 11.4 Å². The number of hydrogen-bond acceptors (Lipinski definition) is 4. The quantitative estimate of drug-likeness (QED) is 0.666. The van der Waals surface area contributed by atoms with Gasteiger partial charge in [-0.1, -0.05) is 42.5 Å². The third-order valence-corrected chi connectivity index (χ3v) is 3.49. The Balaban J connectivity index is 1.77. The van der Waals surface area contributed by atoms with Gasteiger partial charge < -0.3 is 10.4 Å². The Bertz CT molecular complexity index is 830. The van der Waals surface area contributed by atoms with Crippen LogP contribution in [0.25, 0.3) is 11.4 Å². The summed E-state index contributed by atoms with van der Waals surface area (Å²) in [5, 5.41) is 18.4. The van der Waals surface area contributed by atoms with E-state index < -0.39 is 17.9 Å². The lowest BCUT2D eigenvalue weighted by atomic mass is 10.1. The van der Waals surface area contributed by atoms with Crippen molar-refractivity contribution < 1.29 is 14.7 Å². The monoisotopic (exact) mass is 322 g/mol. The van der Waals surface area contributed by atoms with Crippen LogP contribution in [0.15, 0.2) is 60.9 Å². The third-order valence-electron chi connectivity index (χ3n) is 3.49. The molecule has 0 aliphatic heterocycles. The van der Waals surface area contributed by atoms with Crippen molar-refractivity contribution >= 4 is 11.9 Å². The van der Waals surface area contributed by atoms with E-state index in [1.165, 1.54) is 6.33 Å². The van der Waals surface area contributed by atoms with Crippen LogP contribution in [0.2, 0.25) is 0 Å². The van der Waals surface area contributed by atoms with Gasteiger partial charge in [0, 0.05) is 11.1 Å². The van der Waals surface area contributed by atoms with E-state index in [1.54, 1.807) is 54.6 Å². The molecule has 3 rings (SSSR count). The highest BCUT2D eigenvalue weighted by molar-refractivity contribution is 5.97. The van der Waals surface area contributed by atoms with Gasteiger partial charge in [0.1, 0.15) is 6.33 Å². The highest BCUT2D eigenvalue weighted by Gasteiger charge is 2.22. The minimum atomic E-state index is -1.12. The number of aromatic amines is 1. The number of nitrogens with one attached hydrogen (secondary N) is 2. The second kappa shape index (κ2) is 6.74. The molecule has 24 heavy (non-hydrogen) atoms. The number of aromatic nitrogens is 3. The average Bonchev–Trinajstić information content (AvgIpc) is 3.15. The molecule has 0 spiro atoms. The molecule has 3 N–H and O–H groups in total. The summed E-state index contributed by atoms with van der Waals surface area (Å²) in [6, 6.07) is 14.1. The number of rotatable bonds is 5. The molecule has 0 aliphatic carbocycles. The lowest BCUT2D eigenvalue weighted by Crippen LogP contribution is -2.33. The Labute approximate surface area is 137 Å². The van der Waals surface area contributed by atoms with Crippen LogP contribution in [0.3, 0.4) is 0 Å². The summed E-state index contributed by atoms with van der Waals surface area (Å²) in [6.07, 6.45) is 1.40. The fourth-order valence-corrected chi connectivity index (χ4v) is 2.27. The van der Waals surface area contributed by atoms with Crippen LogP contribution in [0, 0.1) is 0 Å². The number of benzene rings is 2. The Morgan fingerprint density at radius 2 is 1.75 bits per heavy atom. The zero-order chi connectivity index (χ0) is 16.9. The minimum absolute atomic E-state index is 0.362. The van der Waals surface area contributed by atoms with Crippen molar-refractivity contribution in [3.05, 3.63) is 72.1 Å². The topological polar surface area (TPSA) is 108 Å². The van der Waals surface area contributed by atoms with E-state index in [1.807, 2.05) is 0 Å². The lowest BCUT2D eigenvalue weighted by molar-refractivity contribution is -0.139. The van der Waals surface area contributed by atoms with Gasteiger partial charge in [0.15, 0.2) is 11.9 Å². The zero-order valence-electron chi connectivity index (χ0n) is 12.5. The first kappa shape index (κ1) is 15.4. The van der Waals surface area contributed by atoms with Crippen LogP contribution >= 0.6 is 0 Å². The maximum Gasteiger partial charge on any atom is 0.330 e. The van der Waals surface area contributed by atoms with Gasteiger partial charge >= 0.3 is 5.97 Å². The first-order valence-electron chi connectivity index (χ1n) is 7.19. The molecular weight excluding hydrogens is 308 g/mol. The molecule has 0 saturated carbocycles. The maximum absolute atomic E-state index is 12.3. The van der Waals surface area contributed by atoms with Crippen molar-refractivity contribution in [3.63, 3.8) is 0 Å². The Hall–Kier alpha value is -3.48. The lowest BCUT2D eigenvalue weighted by Gasteiger charge is -2.15. The second-order valence-electron chi connectivity index (χ2n) is 5.07. The number of hydrogen-bond donors (Lipinski definition) is 3. The zero-order valence-corrected chi connectivity index (χ0v) is 12.5. The van der Waals surface area contributed by atoms with Gasteiger partial charge in [-0.05, 0) is 17.7 Å². The number of aliphatic carboxylic acids is 1. The molecule has 0 radical (unpaired) electrons. The van der Waals surface area contributed by atoms with Crippen molar-refractivity contribution in [2.45, 2.75) is 6.04 Å². The SMILES string of the molecule is O=C(N[C@H](C(=O)O)c1ccccc1)c1ccc(-c2ncn[nH]2)cc1. The van der Waals surface area contributed by atoms with Crippen LogP contribution in [-0.2, 0) is 4.79 Å². The average molecular weight is 322 g/mol. The largest absolute Gasteiger partial charge is 0.479 e. The Kier molecular flexibility index (Phi) is 4.33. The molecule has 2 aromatic carbocycles. The second-order valence-corrected chi connectivity index (χ2v) is 5.07. The van der Waals surface area contributed by atoms with Gasteiger partial charge in [-0.15, -0.1) is 0 Å². The first-order valence-corrected chi connectivity index (χ1v) is 7.19. The van der Waals surface area contributed by atoms with E-state index >= 15 is 0 Å². The van der Waals surface area contributed by atoms with E-state index in [-0.39, 0.29) is 0 Å². The molecule has 1 heterocycles. The van der Waals surface area contributed by atoms with E-state index in [0.717, 1.165) is 5.56 Å². The van der Waals surface area contributed by atoms with Gasteiger partial charge in [-0.3, -0.25) is 9.89 Å². The van der Waals surface area contributed by atoms with E-state index in [9.17, 15) is 14.7 Å². The highest BCUT2D eigenvalue weighted by atomic mass is 16.4. The van der Waals surface area contributed by atoms with E-state index in [0.29, 0.717) is 17.0 Å². The molecule has 3 aromatic rings. The first-order chi connectivity index (χ1) is 11.6. The van der Waals surface area contributed by atoms with Gasteiger partial charge in [0.2, 0.25) is 0 Å². The van der Waals surface area contributed by atoms with Crippen molar-refractivity contribution in [1.82, 2.24) is 20.5 Å². The van der Waals surface area contributed by atoms with Gasteiger partial charge in [0.05, 0.1) is 0 Å². The number of carbonyl (C=O) groups excluding carboxylic acids is 1. The molecule has 0 unspecified atom stereocenters. The number of carboxylic acids is 1. The fourth-order valence-electron chi connectivity index (χ4n) is 2.27. The third kappa shape index (κ3) is 3.30. The standard InChI is InChI=1S/C17H14N4O3/c22-16(20-14(17(23)24)11-4-2-1-3-5-11)13-8-6-12(7-9-13)15-18-10-19-21-15/h1-10,14H,(H,20,22)(H,23,24)(H,18,19,21)/t14-/m0/s1. The van der Waals surface area contributed by atoms with Crippen LogP contribution < -0.4 is 5.32 Å². The summed E-state index contributed by atoms with van der Waals surface area (Å²) in [4.78, 5) is 27.8. The van der Waals surface area contributed by atoms with Gasteiger partial charge in [0.25, 0.3) is 5.91 Å². The summed E-state index contributed by atoms with van der Waals surface area (Å²) >= 11 is 0. The molecular formula is C17H14N4O3. The van der Waals surface area contributed by atoms with E-state index in [4.69, 9.17) is 0 Å². The molecule has 0 fully saturated rings. The number of H-pyrrole nitrogens is 1. The summed E-state index contributed by atoms with van der Waals surface area (Å²) in [6.45, 7) is 0. The van der Waals surface area contributed by atoms with Crippen LogP contribution in [0.5, 0.6) is 0 Å². The number of amides is 1.